The first-order chi connectivity index (χ1) is 10.7. The van der Waals surface area contributed by atoms with Crippen LogP contribution in [0.4, 0.5) is 5.13 Å². The Morgan fingerprint density at radius 2 is 2.00 bits per heavy atom. The first-order valence-corrected chi connectivity index (χ1v) is 8.51. The van der Waals surface area contributed by atoms with Crippen LogP contribution in [0.2, 0.25) is 0 Å². The lowest BCUT2D eigenvalue weighted by atomic mass is 10.2. The van der Waals surface area contributed by atoms with Gasteiger partial charge in [0.05, 0.1) is 17.0 Å². The van der Waals surface area contributed by atoms with Gasteiger partial charge < -0.3 is 11.1 Å². The average molecular weight is 329 g/mol. The lowest BCUT2D eigenvalue weighted by Gasteiger charge is -2.05. The predicted octanol–water partition coefficient (Wildman–Crippen LogP) is 3.31. The summed E-state index contributed by atoms with van der Waals surface area (Å²) in [7, 11) is 0. The molecule has 0 fully saturated rings. The third kappa shape index (κ3) is 3.52. The van der Waals surface area contributed by atoms with Crippen LogP contribution >= 0.6 is 22.7 Å². The summed E-state index contributed by atoms with van der Waals surface area (Å²) in [5, 5.41) is 5.42. The average Bonchev–Trinajstić information content (AvgIpc) is 3.16. The molecule has 1 amide bonds. The first-order valence-electron chi connectivity index (χ1n) is 6.82. The van der Waals surface area contributed by atoms with Crippen molar-refractivity contribution in [3.8, 4) is 10.6 Å². The Bertz CT molecular complexity index is 751. The highest BCUT2D eigenvalue weighted by atomic mass is 32.1. The Kier molecular flexibility index (Phi) is 4.50. The minimum Gasteiger partial charge on any atom is -0.375 e. The number of nitrogens with one attached hydrogen (secondary N) is 1. The summed E-state index contributed by atoms with van der Waals surface area (Å²) in [6.45, 7) is 0.530. The second-order valence-corrected chi connectivity index (χ2v) is 6.80. The Morgan fingerprint density at radius 1 is 1.18 bits per heavy atom. The number of rotatable bonds is 5. The molecule has 0 aliphatic carbocycles. The van der Waals surface area contributed by atoms with E-state index >= 15 is 0 Å². The molecule has 22 heavy (non-hydrogen) atoms. The van der Waals surface area contributed by atoms with E-state index in [2.05, 4.69) is 10.3 Å². The number of hydrogen-bond acceptors (Lipinski definition) is 5. The molecule has 0 aliphatic rings. The molecule has 2 aromatic heterocycles. The van der Waals surface area contributed by atoms with Gasteiger partial charge in [-0.05, 0) is 17.0 Å². The standard InChI is InChI=1S/C16H15N3OS2/c17-16-19-15(12-7-4-8-21-12)13(22-16)9-14(20)18-10-11-5-2-1-3-6-11/h1-8H,9-10H2,(H2,17,19)(H,18,20). The van der Waals surface area contributed by atoms with Crippen molar-refractivity contribution in [3.63, 3.8) is 0 Å². The van der Waals surface area contributed by atoms with Crippen LogP contribution in [0.5, 0.6) is 0 Å². The van der Waals surface area contributed by atoms with E-state index in [-0.39, 0.29) is 5.91 Å². The van der Waals surface area contributed by atoms with Gasteiger partial charge in [0.15, 0.2) is 5.13 Å². The molecule has 6 heteroatoms. The van der Waals surface area contributed by atoms with E-state index in [1.54, 1.807) is 11.3 Å². The predicted molar refractivity (Wildman–Crippen MR) is 91.8 cm³/mol. The molecule has 4 nitrogen and oxygen atoms in total. The number of aromatic nitrogens is 1. The van der Waals surface area contributed by atoms with Crippen LogP contribution < -0.4 is 11.1 Å². The third-order valence-electron chi connectivity index (χ3n) is 3.12. The fourth-order valence-electron chi connectivity index (χ4n) is 2.10. The molecular formula is C16H15N3OS2. The highest BCUT2D eigenvalue weighted by molar-refractivity contribution is 7.17. The number of nitrogens with two attached hydrogens (primary N) is 1. The van der Waals surface area contributed by atoms with Gasteiger partial charge in [-0.2, -0.15) is 0 Å². The molecule has 112 valence electrons. The zero-order valence-corrected chi connectivity index (χ0v) is 13.4. The largest absolute Gasteiger partial charge is 0.375 e. The van der Waals surface area contributed by atoms with Crippen molar-refractivity contribution in [3.05, 3.63) is 58.3 Å². The van der Waals surface area contributed by atoms with Gasteiger partial charge >= 0.3 is 0 Å². The van der Waals surface area contributed by atoms with E-state index in [1.807, 2.05) is 47.8 Å². The number of anilines is 1. The molecule has 0 aliphatic heterocycles. The Balaban J connectivity index is 1.67. The van der Waals surface area contributed by atoms with Gasteiger partial charge in [0.25, 0.3) is 0 Å². The number of hydrogen-bond donors (Lipinski definition) is 2. The molecule has 2 heterocycles. The summed E-state index contributed by atoms with van der Waals surface area (Å²) < 4.78 is 0. The number of carbonyl (C=O) groups is 1. The number of nitrogens with zero attached hydrogens (tertiary/aromatic N) is 1. The van der Waals surface area contributed by atoms with Crippen LogP contribution in [0, 0.1) is 0 Å². The molecule has 1 aromatic carbocycles. The summed E-state index contributed by atoms with van der Waals surface area (Å²) in [5.74, 6) is -0.0229. The van der Waals surface area contributed by atoms with Crippen molar-refractivity contribution in [2.75, 3.05) is 5.73 Å². The molecule has 3 rings (SSSR count). The van der Waals surface area contributed by atoms with Gasteiger partial charge in [0.1, 0.15) is 0 Å². The van der Waals surface area contributed by atoms with Gasteiger partial charge in [-0.3, -0.25) is 4.79 Å². The summed E-state index contributed by atoms with van der Waals surface area (Å²) in [5.41, 5.74) is 7.71. The van der Waals surface area contributed by atoms with Crippen LogP contribution in [-0.4, -0.2) is 10.9 Å². The minimum absolute atomic E-state index is 0.0229. The fourth-order valence-corrected chi connectivity index (χ4v) is 3.75. The van der Waals surface area contributed by atoms with Crippen LogP contribution in [0.1, 0.15) is 10.4 Å². The van der Waals surface area contributed by atoms with Crippen LogP contribution in [0.3, 0.4) is 0 Å². The number of carbonyl (C=O) groups excluding carboxylic acids is 1. The van der Waals surface area contributed by atoms with Crippen LogP contribution in [0.25, 0.3) is 10.6 Å². The van der Waals surface area contributed by atoms with Crippen molar-refractivity contribution >= 4 is 33.7 Å². The van der Waals surface area contributed by atoms with Crippen molar-refractivity contribution in [2.24, 2.45) is 0 Å². The van der Waals surface area contributed by atoms with E-state index in [0.717, 1.165) is 21.0 Å². The van der Waals surface area contributed by atoms with Gasteiger partial charge in [-0.1, -0.05) is 36.4 Å². The van der Waals surface area contributed by atoms with Gasteiger partial charge in [0, 0.05) is 11.4 Å². The highest BCUT2D eigenvalue weighted by Crippen LogP contribution is 2.32. The topological polar surface area (TPSA) is 68.0 Å². The van der Waals surface area contributed by atoms with Crippen molar-refractivity contribution in [1.82, 2.24) is 10.3 Å². The molecule has 0 saturated heterocycles. The van der Waals surface area contributed by atoms with Gasteiger partial charge in [-0.25, -0.2) is 4.98 Å². The molecule has 0 spiro atoms. The Morgan fingerprint density at radius 3 is 2.73 bits per heavy atom. The number of thiophene rings is 1. The SMILES string of the molecule is Nc1nc(-c2cccs2)c(CC(=O)NCc2ccccc2)s1. The maximum absolute atomic E-state index is 12.1. The first kappa shape index (κ1) is 14.7. The Labute approximate surface area is 136 Å². The number of benzene rings is 1. The van der Waals surface area contributed by atoms with E-state index in [0.29, 0.717) is 18.1 Å². The van der Waals surface area contributed by atoms with E-state index in [1.165, 1.54) is 11.3 Å². The maximum atomic E-state index is 12.1. The summed E-state index contributed by atoms with van der Waals surface area (Å²) in [6.07, 6.45) is 0.301. The van der Waals surface area contributed by atoms with Crippen molar-refractivity contribution in [2.45, 2.75) is 13.0 Å². The number of nitrogen functional groups attached to an aromatic ring is 1. The second kappa shape index (κ2) is 6.72. The van der Waals surface area contributed by atoms with Crippen molar-refractivity contribution in [1.29, 1.82) is 0 Å². The summed E-state index contributed by atoms with van der Waals surface area (Å²) >= 11 is 2.97. The quantitative estimate of drug-likeness (QED) is 0.754. The number of amides is 1. The van der Waals surface area contributed by atoms with E-state index in [9.17, 15) is 4.79 Å². The molecular weight excluding hydrogens is 314 g/mol. The monoisotopic (exact) mass is 329 g/mol. The molecule has 3 aromatic rings. The van der Waals surface area contributed by atoms with Crippen molar-refractivity contribution < 1.29 is 4.79 Å². The third-order valence-corrected chi connectivity index (χ3v) is 4.88. The normalized spacial score (nSPS) is 10.5. The Hall–Kier alpha value is -2.18. The lowest BCUT2D eigenvalue weighted by molar-refractivity contribution is -0.120. The van der Waals surface area contributed by atoms with Gasteiger partial charge in [-0.15, -0.1) is 22.7 Å². The minimum atomic E-state index is -0.0229. The van der Waals surface area contributed by atoms with Gasteiger partial charge in [0.2, 0.25) is 5.91 Å². The zero-order chi connectivity index (χ0) is 15.4. The summed E-state index contributed by atoms with van der Waals surface area (Å²) in [6, 6.07) is 13.8. The molecule has 0 unspecified atom stereocenters. The fraction of sp³-hybridized carbons (Fsp3) is 0.125. The van der Waals surface area contributed by atoms with Crippen LogP contribution in [-0.2, 0) is 17.8 Å². The molecule has 3 N–H and O–H groups in total. The van der Waals surface area contributed by atoms with E-state index < -0.39 is 0 Å². The second-order valence-electron chi connectivity index (χ2n) is 4.74. The molecule has 0 saturated carbocycles. The van der Waals surface area contributed by atoms with Crippen LogP contribution in [0.15, 0.2) is 47.8 Å². The molecule has 0 atom stereocenters. The highest BCUT2D eigenvalue weighted by Gasteiger charge is 2.15. The summed E-state index contributed by atoms with van der Waals surface area (Å²) in [4.78, 5) is 18.4. The molecule has 0 radical (unpaired) electrons. The molecule has 0 bridgehead atoms. The zero-order valence-electron chi connectivity index (χ0n) is 11.8. The maximum Gasteiger partial charge on any atom is 0.225 e. The smallest absolute Gasteiger partial charge is 0.225 e. The number of thiazole rings is 1. The lowest BCUT2D eigenvalue weighted by Crippen LogP contribution is -2.24. The van der Waals surface area contributed by atoms with E-state index in [4.69, 9.17) is 5.73 Å².